The summed E-state index contributed by atoms with van der Waals surface area (Å²) >= 11 is 0. The summed E-state index contributed by atoms with van der Waals surface area (Å²) in [4.78, 5) is 12.1. The van der Waals surface area contributed by atoms with E-state index < -0.39 is 5.60 Å². The molecule has 0 aromatic carbocycles. The zero-order valence-electron chi connectivity index (χ0n) is 11.4. The number of Topliss-reactive ketones (excluding diaryl/α,β-unsaturated/α-hetero) is 1. The fraction of sp³-hybridized carbons (Fsp3) is 0.692. The van der Waals surface area contributed by atoms with E-state index in [1.807, 2.05) is 17.7 Å². The van der Waals surface area contributed by atoms with Crippen molar-refractivity contribution in [2.45, 2.75) is 52.7 Å². The molecule has 0 fully saturated rings. The van der Waals surface area contributed by atoms with Gasteiger partial charge in [0.25, 0.3) is 0 Å². The van der Waals surface area contributed by atoms with Gasteiger partial charge < -0.3 is 4.74 Å². The Morgan fingerprint density at radius 3 is 2.59 bits per heavy atom. The molecule has 1 aromatic rings. The number of ketones is 1. The van der Waals surface area contributed by atoms with E-state index in [1.165, 1.54) is 0 Å². The molecule has 0 unspecified atom stereocenters. The lowest BCUT2D eigenvalue weighted by Gasteiger charge is -2.21. The monoisotopic (exact) mass is 238 g/mol. The second kappa shape index (κ2) is 5.45. The summed E-state index contributed by atoms with van der Waals surface area (Å²) < 4.78 is 7.09. The second-order valence-corrected chi connectivity index (χ2v) is 4.61. The number of carbonyl (C=O) groups is 1. The molecule has 0 N–H and O–H groups in total. The molecule has 1 rings (SSSR count). The average molecular weight is 238 g/mol. The normalized spacial score (nSPS) is 11.8. The maximum Gasteiger partial charge on any atom is 0.169 e. The highest BCUT2D eigenvalue weighted by molar-refractivity contribution is 5.88. The van der Waals surface area contributed by atoms with Gasteiger partial charge >= 0.3 is 0 Å². The molecule has 0 radical (unpaired) electrons. The fourth-order valence-electron chi connectivity index (χ4n) is 1.60. The van der Waals surface area contributed by atoms with E-state index in [4.69, 9.17) is 4.74 Å². The minimum Gasteiger partial charge on any atom is -0.371 e. The largest absolute Gasteiger partial charge is 0.371 e. The summed E-state index contributed by atoms with van der Waals surface area (Å²) in [5.41, 5.74) is 1.28. The zero-order chi connectivity index (χ0) is 13.1. The van der Waals surface area contributed by atoms with Crippen LogP contribution in [0, 0.1) is 0 Å². The van der Waals surface area contributed by atoms with Crippen molar-refractivity contribution in [3.05, 3.63) is 17.5 Å². The summed E-state index contributed by atoms with van der Waals surface area (Å²) in [6.07, 6.45) is 1.27. The number of ether oxygens (including phenoxy) is 1. The first-order valence-corrected chi connectivity index (χ1v) is 6.08. The molecule has 4 nitrogen and oxygen atoms in total. The van der Waals surface area contributed by atoms with Crippen molar-refractivity contribution >= 4 is 5.78 Å². The third-order valence-corrected chi connectivity index (χ3v) is 3.10. The Kier molecular flexibility index (Phi) is 4.46. The molecule has 0 amide bonds. The van der Waals surface area contributed by atoms with Gasteiger partial charge in [0.1, 0.15) is 5.60 Å². The van der Waals surface area contributed by atoms with Gasteiger partial charge in [0.15, 0.2) is 5.78 Å². The number of nitrogens with zero attached hydrogens (tertiary/aromatic N) is 2. The molecule has 1 heterocycles. The van der Waals surface area contributed by atoms with E-state index in [2.05, 4.69) is 12.0 Å². The van der Waals surface area contributed by atoms with Crippen LogP contribution in [0.3, 0.4) is 0 Å². The van der Waals surface area contributed by atoms with Crippen LogP contribution in [0.15, 0.2) is 6.07 Å². The highest BCUT2D eigenvalue weighted by Gasteiger charge is 2.27. The lowest BCUT2D eigenvalue weighted by atomic mass is 9.99. The molecule has 0 aliphatic heterocycles. The molecule has 0 saturated carbocycles. The molecule has 4 heteroatoms. The van der Waals surface area contributed by atoms with Crippen molar-refractivity contribution < 1.29 is 9.53 Å². The van der Waals surface area contributed by atoms with E-state index >= 15 is 0 Å². The lowest BCUT2D eigenvalue weighted by molar-refractivity contribution is -0.136. The number of aromatic nitrogens is 2. The summed E-state index contributed by atoms with van der Waals surface area (Å²) in [5, 5.41) is 4.43. The first-order chi connectivity index (χ1) is 7.94. The molecule has 0 bridgehead atoms. The van der Waals surface area contributed by atoms with Crippen molar-refractivity contribution in [2.75, 3.05) is 7.11 Å². The number of hydrogen-bond donors (Lipinski definition) is 0. The number of rotatable bonds is 6. The summed E-state index contributed by atoms with van der Waals surface area (Å²) in [7, 11) is 1.56. The highest BCUT2D eigenvalue weighted by atomic mass is 16.5. The minimum atomic E-state index is -0.727. The second-order valence-electron chi connectivity index (χ2n) is 4.61. The molecular formula is C13H22N2O2. The van der Waals surface area contributed by atoms with Crippen LogP contribution in [0.5, 0.6) is 0 Å². The van der Waals surface area contributed by atoms with Gasteiger partial charge in [-0.25, -0.2) is 0 Å². The number of carbonyl (C=O) groups excluding carboxylic acids is 1. The van der Waals surface area contributed by atoms with Crippen LogP contribution in [0.2, 0.25) is 0 Å². The van der Waals surface area contributed by atoms with Crippen LogP contribution in [-0.2, 0) is 28.9 Å². The molecule has 0 atom stereocenters. The quantitative estimate of drug-likeness (QED) is 0.761. The van der Waals surface area contributed by atoms with Gasteiger partial charge in [-0.3, -0.25) is 9.48 Å². The summed E-state index contributed by atoms with van der Waals surface area (Å²) in [5.74, 6) is 0.0808. The first-order valence-electron chi connectivity index (χ1n) is 6.08. The molecule has 0 saturated heterocycles. The third-order valence-electron chi connectivity index (χ3n) is 3.10. The van der Waals surface area contributed by atoms with Gasteiger partial charge in [0.05, 0.1) is 12.1 Å². The topological polar surface area (TPSA) is 44.1 Å². The van der Waals surface area contributed by atoms with Crippen molar-refractivity contribution in [1.29, 1.82) is 0 Å². The van der Waals surface area contributed by atoms with Gasteiger partial charge in [-0.15, -0.1) is 0 Å². The van der Waals surface area contributed by atoms with E-state index in [0.29, 0.717) is 6.42 Å². The number of methoxy groups -OCH3 is 1. The molecular weight excluding hydrogens is 216 g/mol. The Morgan fingerprint density at radius 2 is 2.12 bits per heavy atom. The first kappa shape index (κ1) is 13.9. The molecule has 1 aromatic heterocycles. The molecule has 0 aliphatic carbocycles. The average Bonchev–Trinajstić information content (AvgIpc) is 2.71. The standard InChI is InChI=1S/C13H22N2O2/c1-6-10-8-11(15(7-2)14-10)9-12(16)13(3,4)17-5/h8H,6-7,9H2,1-5H3. The molecule has 0 spiro atoms. The van der Waals surface area contributed by atoms with E-state index in [9.17, 15) is 4.79 Å². The Balaban J connectivity index is 2.87. The van der Waals surface area contributed by atoms with Gasteiger partial charge in [0, 0.05) is 19.3 Å². The maximum atomic E-state index is 12.1. The van der Waals surface area contributed by atoms with Crippen molar-refractivity contribution in [2.24, 2.45) is 0 Å². The Labute approximate surface area is 103 Å². The van der Waals surface area contributed by atoms with Crippen LogP contribution in [0.1, 0.15) is 39.1 Å². The predicted octanol–water partition coefficient (Wildman–Crippen LogP) is 2.00. The van der Waals surface area contributed by atoms with Crippen molar-refractivity contribution in [3.63, 3.8) is 0 Å². The highest BCUT2D eigenvalue weighted by Crippen LogP contribution is 2.14. The van der Waals surface area contributed by atoms with Gasteiger partial charge in [-0.1, -0.05) is 6.92 Å². The minimum absolute atomic E-state index is 0.0808. The third kappa shape index (κ3) is 3.16. The summed E-state index contributed by atoms with van der Waals surface area (Å²) in [6.45, 7) is 8.47. The smallest absolute Gasteiger partial charge is 0.169 e. The van der Waals surface area contributed by atoms with E-state index in [1.54, 1.807) is 21.0 Å². The molecule has 96 valence electrons. The lowest BCUT2D eigenvalue weighted by Crippen LogP contribution is -2.35. The maximum absolute atomic E-state index is 12.1. The van der Waals surface area contributed by atoms with Gasteiger partial charge in [0.2, 0.25) is 0 Å². The zero-order valence-corrected chi connectivity index (χ0v) is 11.4. The Morgan fingerprint density at radius 1 is 1.47 bits per heavy atom. The van der Waals surface area contributed by atoms with Gasteiger partial charge in [-0.2, -0.15) is 5.10 Å². The Hall–Kier alpha value is -1.16. The van der Waals surface area contributed by atoms with E-state index in [-0.39, 0.29) is 5.78 Å². The van der Waals surface area contributed by atoms with Gasteiger partial charge in [-0.05, 0) is 33.3 Å². The van der Waals surface area contributed by atoms with E-state index in [0.717, 1.165) is 24.4 Å². The SMILES string of the molecule is CCc1cc(CC(=O)C(C)(C)OC)n(CC)n1. The predicted molar refractivity (Wildman–Crippen MR) is 67.1 cm³/mol. The van der Waals surface area contributed by atoms with Crippen LogP contribution >= 0.6 is 0 Å². The number of aryl methyl sites for hydroxylation is 2. The van der Waals surface area contributed by atoms with Crippen molar-refractivity contribution in [1.82, 2.24) is 9.78 Å². The molecule has 17 heavy (non-hydrogen) atoms. The van der Waals surface area contributed by atoms with Crippen LogP contribution in [-0.4, -0.2) is 28.3 Å². The fourth-order valence-corrected chi connectivity index (χ4v) is 1.60. The number of hydrogen-bond acceptors (Lipinski definition) is 3. The summed E-state index contributed by atoms with van der Waals surface area (Å²) in [6, 6.07) is 2.01. The Bertz CT molecular complexity index is 394. The van der Waals surface area contributed by atoms with Crippen LogP contribution in [0.25, 0.3) is 0 Å². The van der Waals surface area contributed by atoms with Crippen LogP contribution in [0.4, 0.5) is 0 Å². The molecule has 0 aliphatic rings. The van der Waals surface area contributed by atoms with Crippen LogP contribution < -0.4 is 0 Å². The van der Waals surface area contributed by atoms with Crippen molar-refractivity contribution in [3.8, 4) is 0 Å².